The minimum Gasteiger partial charge on any atom is -0.352 e. The van der Waals surface area contributed by atoms with Crippen LogP contribution in [0.1, 0.15) is 29.3 Å². The molecule has 1 aliphatic heterocycles. The Morgan fingerprint density at radius 2 is 1.89 bits per heavy atom. The van der Waals surface area contributed by atoms with Crippen LogP contribution >= 0.6 is 0 Å². The topological polar surface area (TPSA) is 83.6 Å². The Morgan fingerprint density at radius 3 is 2.56 bits per heavy atom. The van der Waals surface area contributed by atoms with Gasteiger partial charge in [0.15, 0.2) is 0 Å². The molecule has 1 aliphatic rings. The van der Waals surface area contributed by atoms with E-state index in [1.807, 2.05) is 18.2 Å². The Kier molecular flexibility index (Phi) is 5.60. The average Bonchev–Trinajstić information content (AvgIpc) is 2.93. The second-order valence-electron chi connectivity index (χ2n) is 6.78. The third kappa shape index (κ3) is 4.54. The number of benzene rings is 2. The van der Waals surface area contributed by atoms with Gasteiger partial charge in [-0.1, -0.05) is 43.3 Å². The predicted octanol–water partition coefficient (Wildman–Crippen LogP) is 2.36. The number of hydrogen-bond acceptors (Lipinski definition) is 4. The minimum absolute atomic E-state index is 0.0320. The SMILES string of the molecule is CC(CNC(=O)c1cccc(N2C(=O)CCS2(=O)=O)c1)Cc1ccccc1. The van der Waals surface area contributed by atoms with E-state index in [-0.39, 0.29) is 29.7 Å². The second-order valence-corrected chi connectivity index (χ2v) is 8.72. The molecule has 0 aliphatic carbocycles. The number of hydrogen-bond donors (Lipinski definition) is 1. The average molecular weight is 386 g/mol. The largest absolute Gasteiger partial charge is 0.352 e. The lowest BCUT2D eigenvalue weighted by Crippen LogP contribution is -2.31. The number of anilines is 1. The van der Waals surface area contributed by atoms with E-state index in [9.17, 15) is 18.0 Å². The van der Waals surface area contributed by atoms with Crippen molar-refractivity contribution in [3.63, 3.8) is 0 Å². The fourth-order valence-electron chi connectivity index (χ4n) is 3.10. The summed E-state index contributed by atoms with van der Waals surface area (Å²) in [5.74, 6) is -0.705. The van der Waals surface area contributed by atoms with Crippen LogP contribution in [-0.2, 0) is 21.2 Å². The molecule has 2 amide bonds. The van der Waals surface area contributed by atoms with Gasteiger partial charge < -0.3 is 5.32 Å². The summed E-state index contributed by atoms with van der Waals surface area (Å²) in [7, 11) is -3.64. The maximum absolute atomic E-state index is 12.4. The normalized spacial score (nSPS) is 16.9. The van der Waals surface area contributed by atoms with Gasteiger partial charge in [-0.3, -0.25) is 9.59 Å². The van der Waals surface area contributed by atoms with Gasteiger partial charge in [0, 0.05) is 18.5 Å². The van der Waals surface area contributed by atoms with Crippen molar-refractivity contribution in [2.24, 2.45) is 5.92 Å². The molecule has 1 atom stereocenters. The molecular weight excluding hydrogens is 364 g/mol. The molecule has 142 valence electrons. The van der Waals surface area contributed by atoms with Crippen LogP contribution in [0.3, 0.4) is 0 Å². The summed E-state index contributed by atoms with van der Waals surface area (Å²) in [6.45, 7) is 2.55. The van der Waals surface area contributed by atoms with Crippen molar-refractivity contribution >= 4 is 27.5 Å². The van der Waals surface area contributed by atoms with E-state index >= 15 is 0 Å². The summed E-state index contributed by atoms with van der Waals surface area (Å²) in [4.78, 5) is 24.4. The molecule has 0 bridgehead atoms. The van der Waals surface area contributed by atoms with Crippen LogP contribution in [0.2, 0.25) is 0 Å². The van der Waals surface area contributed by atoms with Gasteiger partial charge in [-0.25, -0.2) is 12.7 Å². The van der Waals surface area contributed by atoms with E-state index in [0.717, 1.165) is 10.7 Å². The van der Waals surface area contributed by atoms with E-state index in [4.69, 9.17) is 0 Å². The minimum atomic E-state index is -3.64. The highest BCUT2D eigenvalue weighted by atomic mass is 32.2. The van der Waals surface area contributed by atoms with Gasteiger partial charge in [0.2, 0.25) is 15.9 Å². The molecule has 1 unspecified atom stereocenters. The summed E-state index contributed by atoms with van der Waals surface area (Å²) in [5, 5.41) is 2.88. The number of rotatable bonds is 6. The second kappa shape index (κ2) is 7.92. The lowest BCUT2D eigenvalue weighted by atomic mass is 10.0. The zero-order valence-corrected chi connectivity index (χ0v) is 15.9. The van der Waals surface area contributed by atoms with Gasteiger partial charge in [-0.15, -0.1) is 0 Å². The van der Waals surface area contributed by atoms with E-state index in [2.05, 4.69) is 24.4 Å². The van der Waals surface area contributed by atoms with Crippen LogP contribution in [0.5, 0.6) is 0 Å². The van der Waals surface area contributed by atoms with Gasteiger partial charge >= 0.3 is 0 Å². The monoisotopic (exact) mass is 386 g/mol. The first-order valence-electron chi connectivity index (χ1n) is 8.85. The number of sulfonamides is 1. The first-order chi connectivity index (χ1) is 12.9. The van der Waals surface area contributed by atoms with Crippen molar-refractivity contribution in [2.45, 2.75) is 19.8 Å². The van der Waals surface area contributed by atoms with Crippen molar-refractivity contribution in [2.75, 3.05) is 16.6 Å². The number of amides is 2. The zero-order chi connectivity index (χ0) is 19.4. The van der Waals surface area contributed by atoms with E-state index in [0.29, 0.717) is 12.1 Å². The summed E-state index contributed by atoms with van der Waals surface area (Å²) >= 11 is 0. The van der Waals surface area contributed by atoms with Crippen LogP contribution in [-0.4, -0.2) is 32.5 Å². The fraction of sp³-hybridized carbons (Fsp3) is 0.300. The van der Waals surface area contributed by atoms with Crippen LogP contribution in [0, 0.1) is 5.92 Å². The first-order valence-corrected chi connectivity index (χ1v) is 10.5. The van der Waals surface area contributed by atoms with Crippen LogP contribution in [0.4, 0.5) is 5.69 Å². The smallest absolute Gasteiger partial charge is 0.251 e. The maximum Gasteiger partial charge on any atom is 0.251 e. The summed E-state index contributed by atoms with van der Waals surface area (Å²) in [6, 6.07) is 16.2. The molecular formula is C20H22N2O4S. The fourth-order valence-corrected chi connectivity index (χ4v) is 4.55. The molecule has 0 saturated carbocycles. The summed E-state index contributed by atoms with van der Waals surface area (Å²) < 4.78 is 24.9. The van der Waals surface area contributed by atoms with Crippen LogP contribution < -0.4 is 9.62 Å². The lowest BCUT2D eigenvalue weighted by Gasteiger charge is -2.16. The van der Waals surface area contributed by atoms with Crippen molar-refractivity contribution in [1.82, 2.24) is 5.32 Å². The molecule has 0 radical (unpaired) electrons. The summed E-state index contributed by atoms with van der Waals surface area (Å²) in [5.41, 5.74) is 1.75. The van der Waals surface area contributed by atoms with Gasteiger partial charge in [-0.05, 0) is 36.1 Å². The van der Waals surface area contributed by atoms with E-state index in [1.54, 1.807) is 12.1 Å². The van der Waals surface area contributed by atoms with Gasteiger partial charge in [0.1, 0.15) is 0 Å². The van der Waals surface area contributed by atoms with Crippen molar-refractivity contribution in [3.8, 4) is 0 Å². The zero-order valence-electron chi connectivity index (χ0n) is 15.1. The van der Waals surface area contributed by atoms with Gasteiger partial charge in [-0.2, -0.15) is 0 Å². The number of nitrogens with zero attached hydrogens (tertiary/aromatic N) is 1. The van der Waals surface area contributed by atoms with E-state index < -0.39 is 15.9 Å². The van der Waals surface area contributed by atoms with Gasteiger partial charge in [0.05, 0.1) is 11.4 Å². The van der Waals surface area contributed by atoms with Crippen molar-refractivity contribution in [1.29, 1.82) is 0 Å². The first kappa shape index (κ1) is 19.1. The Hall–Kier alpha value is -2.67. The highest BCUT2D eigenvalue weighted by Crippen LogP contribution is 2.25. The quantitative estimate of drug-likeness (QED) is 0.826. The number of carbonyl (C=O) groups is 2. The molecule has 0 spiro atoms. The standard InChI is InChI=1S/C20H22N2O4S/c1-15(12-16-6-3-2-4-7-16)14-21-20(24)17-8-5-9-18(13-17)22-19(23)10-11-27(22,25)26/h2-9,13,15H,10-12,14H2,1H3,(H,21,24). The molecule has 1 saturated heterocycles. The Morgan fingerprint density at radius 1 is 1.15 bits per heavy atom. The van der Waals surface area contributed by atoms with Crippen LogP contribution in [0.25, 0.3) is 0 Å². The molecule has 2 aromatic rings. The molecule has 27 heavy (non-hydrogen) atoms. The highest BCUT2D eigenvalue weighted by Gasteiger charge is 2.36. The molecule has 2 aromatic carbocycles. The third-order valence-electron chi connectivity index (χ3n) is 4.46. The summed E-state index contributed by atoms with van der Waals surface area (Å²) in [6.07, 6.45) is 0.817. The highest BCUT2D eigenvalue weighted by molar-refractivity contribution is 7.94. The molecule has 3 rings (SSSR count). The number of nitrogens with one attached hydrogen (secondary N) is 1. The predicted molar refractivity (Wildman–Crippen MR) is 104 cm³/mol. The molecule has 7 heteroatoms. The lowest BCUT2D eigenvalue weighted by molar-refractivity contribution is -0.116. The Labute approximate surface area is 159 Å². The van der Waals surface area contributed by atoms with E-state index in [1.165, 1.54) is 17.7 Å². The molecule has 6 nitrogen and oxygen atoms in total. The van der Waals surface area contributed by atoms with Crippen molar-refractivity contribution in [3.05, 3.63) is 65.7 Å². The molecule has 0 aromatic heterocycles. The molecule has 1 heterocycles. The van der Waals surface area contributed by atoms with Crippen molar-refractivity contribution < 1.29 is 18.0 Å². The molecule has 1 fully saturated rings. The Bertz CT molecular complexity index is 941. The maximum atomic E-state index is 12.4. The number of carbonyl (C=O) groups excluding carboxylic acids is 2. The van der Waals surface area contributed by atoms with Gasteiger partial charge in [0.25, 0.3) is 5.91 Å². The third-order valence-corrected chi connectivity index (χ3v) is 6.15. The Balaban J connectivity index is 1.65. The molecule has 1 N–H and O–H groups in total. The van der Waals surface area contributed by atoms with Crippen LogP contribution in [0.15, 0.2) is 54.6 Å².